The highest BCUT2D eigenvalue weighted by molar-refractivity contribution is 9.10. The molecule has 0 saturated carbocycles. The molecule has 25 heavy (non-hydrogen) atoms. The summed E-state index contributed by atoms with van der Waals surface area (Å²) in [6.07, 6.45) is 0.788. The zero-order chi connectivity index (χ0) is 18.6. The first-order valence-corrected chi connectivity index (χ1v) is 8.91. The standard InChI is InChI=1S/C18H23BrN2O4/c1-10(2)7-8-25-17(22)15-11(3)20-18(23)21-16(15)12-5-6-14(24-4)13(19)9-12/h5-6,9-10,16H,7-8H2,1-4H3,(H2,20,21,23)/t16-/m1/s1. The summed E-state index contributed by atoms with van der Waals surface area (Å²) < 4.78 is 11.4. The van der Waals surface area contributed by atoms with E-state index >= 15 is 0 Å². The number of ether oxygens (including phenoxy) is 2. The van der Waals surface area contributed by atoms with E-state index in [-0.39, 0.29) is 6.03 Å². The highest BCUT2D eigenvalue weighted by Gasteiger charge is 2.32. The maximum absolute atomic E-state index is 12.6. The Bertz CT molecular complexity index is 700. The van der Waals surface area contributed by atoms with Gasteiger partial charge in [-0.05, 0) is 52.9 Å². The van der Waals surface area contributed by atoms with Crippen molar-refractivity contribution in [2.45, 2.75) is 33.2 Å². The van der Waals surface area contributed by atoms with E-state index < -0.39 is 12.0 Å². The number of carbonyl (C=O) groups excluding carboxylic acids is 2. The van der Waals surface area contributed by atoms with Gasteiger partial charge in [-0.1, -0.05) is 19.9 Å². The second-order valence-electron chi connectivity index (χ2n) is 6.28. The van der Waals surface area contributed by atoms with E-state index in [1.807, 2.05) is 12.1 Å². The maximum atomic E-state index is 12.6. The summed E-state index contributed by atoms with van der Waals surface area (Å²) >= 11 is 3.43. The molecule has 0 unspecified atom stereocenters. The molecule has 1 atom stereocenters. The van der Waals surface area contributed by atoms with Crippen LogP contribution in [0.3, 0.4) is 0 Å². The molecule has 2 N–H and O–H groups in total. The van der Waals surface area contributed by atoms with E-state index in [0.29, 0.717) is 29.5 Å². The number of nitrogens with one attached hydrogen (secondary N) is 2. The zero-order valence-corrected chi connectivity index (χ0v) is 16.4. The van der Waals surface area contributed by atoms with Gasteiger partial charge in [0.05, 0.1) is 29.8 Å². The molecule has 1 heterocycles. The van der Waals surface area contributed by atoms with E-state index in [1.165, 1.54) is 0 Å². The van der Waals surface area contributed by atoms with Crippen LogP contribution in [-0.4, -0.2) is 25.7 Å². The zero-order valence-electron chi connectivity index (χ0n) is 14.8. The Labute approximate surface area is 156 Å². The number of hydrogen-bond acceptors (Lipinski definition) is 4. The van der Waals surface area contributed by atoms with Crippen molar-refractivity contribution in [3.8, 4) is 5.75 Å². The molecule has 0 aromatic heterocycles. The molecule has 1 aromatic carbocycles. The average Bonchev–Trinajstić information content (AvgIpc) is 2.53. The Kier molecular flexibility index (Phi) is 6.47. The van der Waals surface area contributed by atoms with E-state index in [9.17, 15) is 9.59 Å². The first-order valence-electron chi connectivity index (χ1n) is 8.12. The van der Waals surface area contributed by atoms with Gasteiger partial charge in [-0.25, -0.2) is 9.59 Å². The molecule has 0 spiro atoms. The number of carbonyl (C=O) groups is 2. The fourth-order valence-electron chi connectivity index (χ4n) is 2.54. The van der Waals surface area contributed by atoms with Crippen molar-refractivity contribution in [3.05, 3.63) is 39.5 Å². The molecule has 7 heteroatoms. The Morgan fingerprint density at radius 2 is 2.08 bits per heavy atom. The van der Waals surface area contributed by atoms with Gasteiger partial charge < -0.3 is 20.1 Å². The lowest BCUT2D eigenvalue weighted by Gasteiger charge is -2.28. The number of halogens is 1. The normalized spacial score (nSPS) is 17.2. The molecule has 0 fully saturated rings. The molecule has 136 valence electrons. The molecule has 0 radical (unpaired) electrons. The van der Waals surface area contributed by atoms with Gasteiger partial charge in [0.25, 0.3) is 0 Å². The van der Waals surface area contributed by atoms with Crippen molar-refractivity contribution in [1.29, 1.82) is 0 Å². The molecular formula is C18H23BrN2O4. The van der Waals surface area contributed by atoms with Gasteiger partial charge in [0, 0.05) is 5.70 Å². The van der Waals surface area contributed by atoms with Gasteiger partial charge in [-0.2, -0.15) is 0 Å². The summed E-state index contributed by atoms with van der Waals surface area (Å²) in [6.45, 7) is 6.18. The average molecular weight is 411 g/mol. The Balaban J connectivity index is 2.30. The monoisotopic (exact) mass is 410 g/mol. The summed E-state index contributed by atoms with van der Waals surface area (Å²) in [6, 6.07) is 4.49. The van der Waals surface area contributed by atoms with Gasteiger partial charge in [-0.3, -0.25) is 0 Å². The highest BCUT2D eigenvalue weighted by Crippen LogP contribution is 2.33. The molecule has 2 amide bonds. The van der Waals surface area contributed by atoms with Crippen LogP contribution in [-0.2, 0) is 9.53 Å². The molecule has 0 bridgehead atoms. The maximum Gasteiger partial charge on any atom is 0.338 e. The smallest absolute Gasteiger partial charge is 0.338 e. The fourth-order valence-corrected chi connectivity index (χ4v) is 3.10. The first kappa shape index (κ1) is 19.3. The van der Waals surface area contributed by atoms with E-state index in [1.54, 1.807) is 20.1 Å². The molecule has 1 aliphatic heterocycles. The Morgan fingerprint density at radius 3 is 2.68 bits per heavy atom. The predicted octanol–water partition coefficient (Wildman–Crippen LogP) is 3.67. The molecular weight excluding hydrogens is 388 g/mol. The van der Waals surface area contributed by atoms with Crippen LogP contribution in [0.2, 0.25) is 0 Å². The number of methoxy groups -OCH3 is 1. The predicted molar refractivity (Wildman–Crippen MR) is 98.2 cm³/mol. The van der Waals surface area contributed by atoms with Gasteiger partial charge in [-0.15, -0.1) is 0 Å². The SMILES string of the molecule is COc1ccc([C@H]2NC(=O)NC(C)=C2C(=O)OCCC(C)C)cc1Br. The van der Waals surface area contributed by atoms with Gasteiger partial charge >= 0.3 is 12.0 Å². The van der Waals surface area contributed by atoms with Crippen molar-refractivity contribution < 1.29 is 19.1 Å². The lowest BCUT2D eigenvalue weighted by Crippen LogP contribution is -2.45. The quantitative estimate of drug-likeness (QED) is 0.701. The number of urea groups is 1. The second-order valence-corrected chi connectivity index (χ2v) is 7.14. The number of hydrogen-bond donors (Lipinski definition) is 2. The van der Waals surface area contributed by atoms with Crippen LogP contribution in [0, 0.1) is 5.92 Å². The minimum atomic E-state index is -0.581. The van der Waals surface area contributed by atoms with Crippen LogP contribution in [0.1, 0.15) is 38.8 Å². The van der Waals surface area contributed by atoms with Crippen LogP contribution in [0.5, 0.6) is 5.75 Å². The Hall–Kier alpha value is -2.02. The summed E-state index contributed by atoms with van der Waals surface area (Å²) in [5, 5.41) is 5.43. The molecule has 0 saturated heterocycles. The second kappa shape index (κ2) is 8.38. The summed E-state index contributed by atoms with van der Waals surface area (Å²) in [5.41, 5.74) is 1.66. The number of allylic oxidation sites excluding steroid dienone is 1. The molecule has 1 aromatic rings. The fraction of sp³-hybridized carbons (Fsp3) is 0.444. The van der Waals surface area contributed by atoms with Crippen LogP contribution in [0.15, 0.2) is 33.9 Å². The summed E-state index contributed by atoms with van der Waals surface area (Å²) in [4.78, 5) is 24.5. The Morgan fingerprint density at radius 1 is 1.36 bits per heavy atom. The van der Waals surface area contributed by atoms with Gasteiger partial charge in [0.1, 0.15) is 5.75 Å². The lowest BCUT2D eigenvalue weighted by molar-refractivity contribution is -0.139. The van der Waals surface area contributed by atoms with Crippen LogP contribution in [0.25, 0.3) is 0 Å². The van der Waals surface area contributed by atoms with E-state index in [2.05, 4.69) is 40.4 Å². The summed E-state index contributed by atoms with van der Waals surface area (Å²) in [7, 11) is 1.58. The minimum absolute atomic E-state index is 0.347. The largest absolute Gasteiger partial charge is 0.496 e. The van der Waals surface area contributed by atoms with Crippen molar-refractivity contribution in [2.24, 2.45) is 5.92 Å². The third-order valence-electron chi connectivity index (χ3n) is 3.93. The van der Waals surface area contributed by atoms with Gasteiger partial charge in [0.2, 0.25) is 0 Å². The third kappa shape index (κ3) is 4.75. The van der Waals surface area contributed by atoms with Crippen LogP contribution in [0.4, 0.5) is 4.79 Å². The lowest BCUT2D eigenvalue weighted by atomic mass is 9.95. The number of esters is 1. The first-order chi connectivity index (χ1) is 11.8. The third-order valence-corrected chi connectivity index (χ3v) is 4.55. The van der Waals surface area contributed by atoms with Crippen molar-refractivity contribution in [3.63, 3.8) is 0 Å². The van der Waals surface area contributed by atoms with E-state index in [4.69, 9.17) is 9.47 Å². The number of benzene rings is 1. The molecule has 1 aliphatic rings. The van der Waals surface area contributed by atoms with Crippen LogP contribution >= 0.6 is 15.9 Å². The van der Waals surface area contributed by atoms with Crippen LogP contribution < -0.4 is 15.4 Å². The molecule has 0 aliphatic carbocycles. The highest BCUT2D eigenvalue weighted by atomic mass is 79.9. The van der Waals surface area contributed by atoms with Crippen molar-refractivity contribution >= 4 is 27.9 Å². The summed E-state index contributed by atoms with van der Waals surface area (Å²) in [5.74, 6) is 0.689. The molecule has 6 nitrogen and oxygen atoms in total. The van der Waals surface area contributed by atoms with Crippen molar-refractivity contribution in [2.75, 3.05) is 13.7 Å². The van der Waals surface area contributed by atoms with E-state index in [0.717, 1.165) is 16.5 Å². The number of amides is 2. The minimum Gasteiger partial charge on any atom is -0.496 e. The van der Waals surface area contributed by atoms with Crippen molar-refractivity contribution in [1.82, 2.24) is 10.6 Å². The van der Waals surface area contributed by atoms with Gasteiger partial charge in [0.15, 0.2) is 0 Å². The molecule has 2 rings (SSSR count). The topological polar surface area (TPSA) is 76.7 Å². The number of rotatable bonds is 6.